The van der Waals surface area contributed by atoms with Gasteiger partial charge in [0.25, 0.3) is 0 Å². The smallest absolute Gasteiger partial charge is 0.231 e. The fourth-order valence-electron chi connectivity index (χ4n) is 4.30. The van der Waals surface area contributed by atoms with Crippen LogP contribution in [0.3, 0.4) is 0 Å². The molecule has 2 aromatic rings. The van der Waals surface area contributed by atoms with Crippen LogP contribution in [-0.4, -0.2) is 35.8 Å². The van der Waals surface area contributed by atoms with Crippen molar-refractivity contribution in [1.82, 2.24) is 4.90 Å². The fourth-order valence-corrected chi connectivity index (χ4v) is 4.30. The molecule has 2 aromatic carbocycles. The lowest BCUT2D eigenvalue weighted by Gasteiger charge is -2.26. The summed E-state index contributed by atoms with van der Waals surface area (Å²) in [5.41, 5.74) is 4.58. The lowest BCUT2D eigenvalue weighted by Crippen LogP contribution is -2.37. The molecule has 2 aliphatic rings. The quantitative estimate of drug-likeness (QED) is 0.805. The Labute approximate surface area is 178 Å². The Kier molecular flexibility index (Phi) is 6.16. The van der Waals surface area contributed by atoms with Gasteiger partial charge in [0, 0.05) is 19.0 Å². The van der Waals surface area contributed by atoms with E-state index in [2.05, 4.69) is 25.1 Å². The first kappa shape index (κ1) is 20.6. The minimum absolute atomic E-state index is 0.0390. The van der Waals surface area contributed by atoms with Crippen LogP contribution in [0.4, 0.5) is 0 Å². The summed E-state index contributed by atoms with van der Waals surface area (Å²) in [7, 11) is 0. The third-order valence-corrected chi connectivity index (χ3v) is 6.39. The van der Waals surface area contributed by atoms with Gasteiger partial charge in [-0.25, -0.2) is 0 Å². The summed E-state index contributed by atoms with van der Waals surface area (Å²) in [4.78, 5) is 15.0. The van der Waals surface area contributed by atoms with E-state index in [1.54, 1.807) is 6.07 Å². The number of phenols is 1. The van der Waals surface area contributed by atoms with Gasteiger partial charge in [-0.3, -0.25) is 4.79 Å². The molecular formula is C25H31NO4. The molecule has 30 heavy (non-hydrogen) atoms. The molecule has 0 spiro atoms. The molecule has 2 bridgehead atoms. The van der Waals surface area contributed by atoms with E-state index in [9.17, 15) is 9.90 Å². The van der Waals surface area contributed by atoms with Crippen LogP contribution in [0.15, 0.2) is 30.3 Å². The Morgan fingerprint density at radius 3 is 2.43 bits per heavy atom. The number of carbonyl (C=O) groups excluding carboxylic acids is 1. The lowest BCUT2D eigenvalue weighted by atomic mass is 9.95. The lowest BCUT2D eigenvalue weighted by molar-refractivity contribution is -0.135. The van der Waals surface area contributed by atoms with Crippen molar-refractivity contribution in [3.63, 3.8) is 0 Å². The molecule has 2 aliphatic heterocycles. The molecule has 4 rings (SSSR count). The van der Waals surface area contributed by atoms with Crippen LogP contribution in [0.25, 0.3) is 0 Å². The van der Waals surface area contributed by atoms with E-state index in [1.807, 2.05) is 17.9 Å². The minimum atomic E-state index is 0.0390. The first-order valence-corrected chi connectivity index (χ1v) is 11.1. The summed E-state index contributed by atoms with van der Waals surface area (Å²) in [5, 5.41) is 10.4. The molecule has 0 radical (unpaired) electrons. The Morgan fingerprint density at radius 1 is 1.00 bits per heavy atom. The van der Waals surface area contributed by atoms with Crippen LogP contribution in [-0.2, 0) is 30.5 Å². The number of amides is 1. The van der Waals surface area contributed by atoms with Gasteiger partial charge in [0.2, 0.25) is 12.7 Å². The number of nitrogens with zero attached hydrogens (tertiary/aromatic N) is 1. The van der Waals surface area contributed by atoms with Gasteiger partial charge in [-0.1, -0.05) is 26.0 Å². The second-order valence-electron chi connectivity index (χ2n) is 8.43. The van der Waals surface area contributed by atoms with Crippen molar-refractivity contribution in [3.8, 4) is 17.2 Å². The molecule has 5 nitrogen and oxygen atoms in total. The number of aromatic hydroxyl groups is 1. The summed E-state index contributed by atoms with van der Waals surface area (Å²) < 4.78 is 11.2. The van der Waals surface area contributed by atoms with E-state index in [0.717, 1.165) is 67.7 Å². The maximum atomic E-state index is 12.9. The zero-order chi connectivity index (χ0) is 21.1. The number of fused-ring (bicyclic) bond motifs is 4. The molecule has 0 aromatic heterocycles. The highest BCUT2D eigenvalue weighted by Gasteiger charge is 2.21. The maximum absolute atomic E-state index is 12.9. The number of rotatable bonds is 2. The third-order valence-electron chi connectivity index (χ3n) is 6.39. The second kappa shape index (κ2) is 8.99. The molecule has 0 fully saturated rings. The van der Waals surface area contributed by atoms with Crippen molar-refractivity contribution in [1.29, 1.82) is 0 Å². The summed E-state index contributed by atoms with van der Waals surface area (Å²) in [6, 6.07) is 10.0. The van der Waals surface area contributed by atoms with Crippen molar-refractivity contribution in [2.45, 2.75) is 52.4 Å². The van der Waals surface area contributed by atoms with Crippen molar-refractivity contribution >= 4 is 5.91 Å². The maximum Gasteiger partial charge on any atom is 0.231 e. The Morgan fingerprint density at radius 2 is 1.70 bits per heavy atom. The van der Waals surface area contributed by atoms with Crippen LogP contribution >= 0.6 is 0 Å². The third kappa shape index (κ3) is 4.40. The molecule has 1 N–H and O–H groups in total. The van der Waals surface area contributed by atoms with Crippen LogP contribution in [0.5, 0.6) is 17.2 Å². The molecule has 0 aliphatic carbocycles. The van der Waals surface area contributed by atoms with E-state index >= 15 is 0 Å². The summed E-state index contributed by atoms with van der Waals surface area (Å²) in [6.07, 6.45) is 5.06. The number of benzene rings is 2. The second-order valence-corrected chi connectivity index (χ2v) is 8.43. The number of carbonyl (C=O) groups is 1. The van der Waals surface area contributed by atoms with E-state index in [4.69, 9.17) is 9.47 Å². The average Bonchev–Trinajstić information content (AvgIpc) is 3.21. The fraction of sp³-hybridized carbons (Fsp3) is 0.480. The Bertz CT molecular complexity index is 924. The van der Waals surface area contributed by atoms with Crippen LogP contribution in [0, 0.1) is 5.92 Å². The highest BCUT2D eigenvalue weighted by molar-refractivity contribution is 5.78. The highest BCUT2D eigenvalue weighted by atomic mass is 16.7. The topological polar surface area (TPSA) is 59.0 Å². The molecule has 2 heterocycles. The molecule has 1 amide bonds. The van der Waals surface area contributed by atoms with Gasteiger partial charge in [-0.2, -0.15) is 0 Å². The number of ether oxygens (including phenoxy) is 2. The van der Waals surface area contributed by atoms with Gasteiger partial charge in [0.1, 0.15) is 5.75 Å². The first-order chi connectivity index (χ1) is 14.5. The molecule has 160 valence electrons. The van der Waals surface area contributed by atoms with Crippen LogP contribution < -0.4 is 9.47 Å². The van der Waals surface area contributed by atoms with Gasteiger partial charge in [-0.15, -0.1) is 0 Å². The molecule has 1 atom stereocenters. The molecular weight excluding hydrogens is 378 g/mol. The van der Waals surface area contributed by atoms with Gasteiger partial charge >= 0.3 is 0 Å². The number of hydrogen-bond donors (Lipinski definition) is 1. The average molecular weight is 410 g/mol. The summed E-state index contributed by atoms with van der Waals surface area (Å²) in [5.74, 6) is 2.21. The monoisotopic (exact) mass is 409 g/mol. The van der Waals surface area contributed by atoms with E-state index in [-0.39, 0.29) is 18.6 Å². The Balaban J connectivity index is 1.65. The van der Waals surface area contributed by atoms with Crippen molar-refractivity contribution in [2.75, 3.05) is 19.9 Å². The van der Waals surface area contributed by atoms with Gasteiger partial charge in [-0.05, 0) is 79.0 Å². The molecule has 0 saturated heterocycles. The number of phenolic OH excluding ortho intramolecular Hbond substituents is 1. The first-order valence-electron chi connectivity index (χ1n) is 11.1. The SMILES string of the molecule is CCC(C)C(=O)N1CCCc2cc3c(cc2CCc2cc(ccc2O)CC1)OCO3. The zero-order valence-electron chi connectivity index (χ0n) is 17.9. The summed E-state index contributed by atoms with van der Waals surface area (Å²) in [6.45, 7) is 5.80. The van der Waals surface area contributed by atoms with Crippen LogP contribution in [0.1, 0.15) is 48.9 Å². The van der Waals surface area contributed by atoms with Crippen molar-refractivity contribution in [3.05, 3.63) is 52.6 Å². The predicted molar refractivity (Wildman–Crippen MR) is 116 cm³/mol. The number of hydrogen-bond acceptors (Lipinski definition) is 4. The normalized spacial score (nSPS) is 17.3. The predicted octanol–water partition coefficient (Wildman–Crippen LogP) is 4.27. The van der Waals surface area contributed by atoms with E-state index < -0.39 is 0 Å². The van der Waals surface area contributed by atoms with Crippen LogP contribution in [0.2, 0.25) is 0 Å². The van der Waals surface area contributed by atoms with Gasteiger partial charge in [0.05, 0.1) is 0 Å². The zero-order valence-corrected chi connectivity index (χ0v) is 17.9. The highest BCUT2D eigenvalue weighted by Crippen LogP contribution is 2.36. The summed E-state index contributed by atoms with van der Waals surface area (Å²) >= 11 is 0. The minimum Gasteiger partial charge on any atom is -0.508 e. The van der Waals surface area contributed by atoms with Gasteiger partial charge in [0.15, 0.2) is 11.5 Å². The standard InChI is InChI=1S/C25H31NO4/c1-3-17(2)25(28)26-11-4-5-19-14-23-24(30-16-29-23)15-20(19)7-8-21-13-18(10-12-26)6-9-22(21)27/h6,9,13-15,17,27H,3-5,7-8,10-12,16H2,1-2H3. The largest absolute Gasteiger partial charge is 0.508 e. The van der Waals surface area contributed by atoms with Gasteiger partial charge < -0.3 is 19.5 Å². The number of aryl methyl sites for hydroxylation is 3. The molecule has 1 unspecified atom stereocenters. The van der Waals surface area contributed by atoms with Crippen molar-refractivity contribution in [2.24, 2.45) is 5.92 Å². The van der Waals surface area contributed by atoms with E-state index in [0.29, 0.717) is 12.3 Å². The van der Waals surface area contributed by atoms with E-state index in [1.165, 1.54) is 11.1 Å². The molecule has 5 heteroatoms. The van der Waals surface area contributed by atoms with Crippen molar-refractivity contribution < 1.29 is 19.4 Å². The Hall–Kier alpha value is -2.69. The molecule has 0 saturated carbocycles.